The third-order valence-corrected chi connectivity index (χ3v) is 5.17. The highest BCUT2D eigenvalue weighted by Crippen LogP contribution is 2.40. The predicted molar refractivity (Wildman–Crippen MR) is 99.6 cm³/mol. The number of nitrogens with zero attached hydrogens (tertiary/aromatic N) is 1. The van der Waals surface area contributed by atoms with E-state index in [0.717, 1.165) is 23.1 Å². The first-order chi connectivity index (χ1) is 12.6. The maximum absolute atomic E-state index is 12.9. The molecule has 0 aromatic heterocycles. The van der Waals surface area contributed by atoms with E-state index in [1.54, 1.807) is 6.08 Å². The van der Waals surface area contributed by atoms with E-state index in [4.69, 9.17) is 4.74 Å². The lowest BCUT2D eigenvalue weighted by Gasteiger charge is -2.18. The van der Waals surface area contributed by atoms with E-state index in [0.29, 0.717) is 12.3 Å². The Morgan fingerprint density at radius 2 is 1.88 bits per heavy atom. The van der Waals surface area contributed by atoms with Gasteiger partial charge in [0.15, 0.2) is 0 Å². The average molecular weight is 347 g/mol. The van der Waals surface area contributed by atoms with Gasteiger partial charge in [-0.15, -0.1) is 0 Å². The van der Waals surface area contributed by atoms with Gasteiger partial charge in [-0.05, 0) is 41.0 Å². The van der Waals surface area contributed by atoms with Crippen LogP contribution in [0, 0.1) is 0 Å². The smallest absolute Gasteiger partial charge is 0.417 e. The molecule has 2 aromatic carbocycles. The zero-order valence-corrected chi connectivity index (χ0v) is 14.7. The lowest BCUT2D eigenvalue weighted by Crippen LogP contribution is -2.39. The third kappa shape index (κ3) is 3.03. The van der Waals surface area contributed by atoms with Crippen molar-refractivity contribution in [3.8, 4) is 0 Å². The van der Waals surface area contributed by atoms with Gasteiger partial charge in [0.25, 0.3) is 5.91 Å². The normalized spacial score (nSPS) is 23.2. The summed E-state index contributed by atoms with van der Waals surface area (Å²) < 4.78 is 5.16. The van der Waals surface area contributed by atoms with Gasteiger partial charge in [-0.2, -0.15) is 0 Å². The molecule has 132 valence electrons. The molecule has 0 spiro atoms. The highest BCUT2D eigenvalue weighted by Gasteiger charge is 2.37. The second kappa shape index (κ2) is 6.79. The Morgan fingerprint density at radius 1 is 1.15 bits per heavy atom. The van der Waals surface area contributed by atoms with Crippen LogP contribution < -0.4 is 0 Å². The summed E-state index contributed by atoms with van der Waals surface area (Å²) in [5.74, 6) is 0.100. The van der Waals surface area contributed by atoms with Crippen molar-refractivity contribution in [3.05, 3.63) is 77.4 Å². The predicted octanol–water partition coefficient (Wildman–Crippen LogP) is 4.17. The van der Waals surface area contributed by atoms with E-state index in [1.165, 1.54) is 10.5 Å². The number of ether oxygens (including phenoxy) is 1. The average Bonchev–Trinajstić information content (AvgIpc) is 3.16. The fourth-order valence-corrected chi connectivity index (χ4v) is 3.89. The Kier molecular flexibility index (Phi) is 4.33. The van der Waals surface area contributed by atoms with Gasteiger partial charge in [0, 0.05) is 6.08 Å². The Labute approximate surface area is 153 Å². The number of carbonyl (C=O) groups excluding carboxylic acids is 2. The number of rotatable bonds is 3. The molecular weight excluding hydrogens is 326 g/mol. The van der Waals surface area contributed by atoms with Crippen LogP contribution in [0.3, 0.4) is 0 Å². The van der Waals surface area contributed by atoms with Crippen molar-refractivity contribution >= 4 is 17.6 Å². The summed E-state index contributed by atoms with van der Waals surface area (Å²) in [5.41, 5.74) is 4.45. The molecule has 0 unspecified atom stereocenters. The number of amides is 2. The first-order valence-electron chi connectivity index (χ1n) is 8.97. The molecule has 1 saturated heterocycles. The van der Waals surface area contributed by atoms with Crippen molar-refractivity contribution in [2.24, 2.45) is 0 Å². The second-order valence-electron chi connectivity index (χ2n) is 6.99. The van der Waals surface area contributed by atoms with Crippen LogP contribution in [0.1, 0.15) is 36.0 Å². The minimum absolute atomic E-state index is 0.246. The number of carbonyl (C=O) groups is 2. The van der Waals surface area contributed by atoms with Crippen LogP contribution >= 0.6 is 0 Å². The summed E-state index contributed by atoms with van der Waals surface area (Å²) in [6.45, 7) is 2.40. The van der Waals surface area contributed by atoms with Crippen LogP contribution in [0.5, 0.6) is 0 Å². The molecule has 4 rings (SSSR count). The van der Waals surface area contributed by atoms with E-state index in [2.05, 4.69) is 13.0 Å². The summed E-state index contributed by atoms with van der Waals surface area (Å²) in [5, 5.41) is 0. The molecule has 2 amide bonds. The monoisotopic (exact) mass is 347 g/mol. The zero-order valence-electron chi connectivity index (χ0n) is 14.7. The van der Waals surface area contributed by atoms with E-state index in [9.17, 15) is 9.59 Å². The van der Waals surface area contributed by atoms with Crippen LogP contribution in [0.4, 0.5) is 4.79 Å². The van der Waals surface area contributed by atoms with Crippen molar-refractivity contribution in [3.63, 3.8) is 0 Å². The molecule has 1 fully saturated rings. The van der Waals surface area contributed by atoms with Crippen molar-refractivity contribution < 1.29 is 14.3 Å². The number of cyclic esters (lactones) is 1. The fraction of sp³-hybridized carbons (Fsp3) is 0.273. The Bertz CT molecular complexity index is 872. The zero-order chi connectivity index (χ0) is 18.1. The van der Waals surface area contributed by atoms with Gasteiger partial charge in [-0.3, -0.25) is 4.79 Å². The summed E-state index contributed by atoms with van der Waals surface area (Å²) >= 11 is 0. The van der Waals surface area contributed by atoms with E-state index in [1.807, 2.05) is 48.5 Å². The number of hydrogen-bond acceptors (Lipinski definition) is 3. The first kappa shape index (κ1) is 16.6. The van der Waals surface area contributed by atoms with Crippen molar-refractivity contribution in [1.82, 2.24) is 4.90 Å². The Hall–Kier alpha value is -2.88. The van der Waals surface area contributed by atoms with Crippen LogP contribution in [0.25, 0.3) is 5.57 Å². The highest BCUT2D eigenvalue weighted by molar-refractivity contribution is 6.04. The summed E-state index contributed by atoms with van der Waals surface area (Å²) in [7, 11) is 0. The summed E-state index contributed by atoms with van der Waals surface area (Å²) in [4.78, 5) is 26.3. The van der Waals surface area contributed by atoms with Crippen LogP contribution in [-0.2, 0) is 16.0 Å². The molecule has 1 aliphatic carbocycles. The molecule has 2 aromatic rings. The number of imide groups is 1. The lowest BCUT2D eigenvalue weighted by atomic mass is 10.0. The number of allylic oxidation sites excluding steroid dienone is 1. The van der Waals surface area contributed by atoms with Gasteiger partial charge in [0.05, 0.1) is 6.04 Å². The minimum atomic E-state index is -0.549. The molecule has 2 atom stereocenters. The number of hydrogen-bond donors (Lipinski definition) is 0. The fourth-order valence-electron chi connectivity index (χ4n) is 3.89. The van der Waals surface area contributed by atoms with Gasteiger partial charge >= 0.3 is 6.09 Å². The SMILES string of the molecule is C[C@H]1C/C(=C\C(=O)N2C(=O)OC[C@@H]2Cc2ccccc2)c2ccccc21. The quantitative estimate of drug-likeness (QED) is 0.783. The molecular formula is C22H21NO3. The molecule has 1 heterocycles. The maximum Gasteiger partial charge on any atom is 0.417 e. The van der Waals surface area contributed by atoms with Gasteiger partial charge in [0.2, 0.25) is 0 Å². The molecule has 2 aliphatic rings. The van der Waals surface area contributed by atoms with Crippen LogP contribution in [0.15, 0.2) is 60.7 Å². The number of benzene rings is 2. The molecule has 4 heteroatoms. The molecule has 0 N–H and O–H groups in total. The Morgan fingerprint density at radius 3 is 2.69 bits per heavy atom. The van der Waals surface area contributed by atoms with Crippen molar-refractivity contribution in [2.45, 2.75) is 31.7 Å². The Balaban J connectivity index is 1.58. The molecule has 0 saturated carbocycles. The number of fused-ring (bicyclic) bond motifs is 1. The second-order valence-corrected chi connectivity index (χ2v) is 6.99. The topological polar surface area (TPSA) is 46.6 Å². The summed E-state index contributed by atoms with van der Waals surface area (Å²) in [6.07, 6.45) is 2.49. The van der Waals surface area contributed by atoms with Crippen molar-refractivity contribution in [1.29, 1.82) is 0 Å². The van der Waals surface area contributed by atoms with Crippen molar-refractivity contribution in [2.75, 3.05) is 6.61 Å². The van der Waals surface area contributed by atoms with Gasteiger partial charge < -0.3 is 4.74 Å². The lowest BCUT2D eigenvalue weighted by molar-refractivity contribution is -0.124. The molecule has 0 radical (unpaired) electrons. The minimum Gasteiger partial charge on any atom is -0.447 e. The highest BCUT2D eigenvalue weighted by atomic mass is 16.6. The van der Waals surface area contributed by atoms with Crippen LogP contribution in [0.2, 0.25) is 0 Å². The molecule has 1 aliphatic heterocycles. The van der Waals surface area contributed by atoms with Gasteiger partial charge in [-0.1, -0.05) is 61.5 Å². The largest absolute Gasteiger partial charge is 0.447 e. The molecule has 26 heavy (non-hydrogen) atoms. The van der Waals surface area contributed by atoms with Gasteiger partial charge in [0.1, 0.15) is 6.61 Å². The maximum atomic E-state index is 12.9. The van der Waals surface area contributed by atoms with E-state index < -0.39 is 6.09 Å². The van der Waals surface area contributed by atoms with Crippen LogP contribution in [-0.4, -0.2) is 29.5 Å². The van der Waals surface area contributed by atoms with E-state index >= 15 is 0 Å². The molecule has 0 bridgehead atoms. The first-order valence-corrected chi connectivity index (χ1v) is 8.97. The van der Waals surface area contributed by atoms with Gasteiger partial charge in [-0.25, -0.2) is 9.69 Å². The third-order valence-electron chi connectivity index (χ3n) is 5.17. The standard InChI is InChI=1S/C22H21NO3/c1-15-11-17(20-10-6-5-9-19(15)20)13-21(24)23-18(14-26-22(23)25)12-16-7-3-2-4-8-16/h2-10,13,15,18H,11-12,14H2,1H3/b17-13+/t15-,18-/m0/s1. The summed E-state index contributed by atoms with van der Waals surface area (Å²) in [6, 6.07) is 17.8. The molecule has 4 nitrogen and oxygen atoms in total. The van der Waals surface area contributed by atoms with E-state index in [-0.39, 0.29) is 18.6 Å².